The number of hydrogen-bond donors (Lipinski definition) is 0. The maximum atomic E-state index is 5.35. The summed E-state index contributed by atoms with van der Waals surface area (Å²) in [6, 6.07) is 9.89. The van der Waals surface area contributed by atoms with Crippen molar-refractivity contribution in [3.8, 4) is 11.4 Å². The van der Waals surface area contributed by atoms with Crippen LogP contribution in [0.15, 0.2) is 40.9 Å². The van der Waals surface area contributed by atoms with Gasteiger partial charge in [-0.15, -0.1) is 0 Å². The highest BCUT2D eigenvalue weighted by Crippen LogP contribution is 2.23. The number of aromatic nitrogens is 2. The van der Waals surface area contributed by atoms with Gasteiger partial charge in [-0.1, -0.05) is 41.6 Å². The van der Waals surface area contributed by atoms with Crippen LogP contribution >= 0.6 is 0 Å². The molecule has 2 aromatic rings. The summed E-state index contributed by atoms with van der Waals surface area (Å²) in [6.07, 6.45) is 3.12. The first-order valence-corrected chi connectivity index (χ1v) is 6.10. The lowest BCUT2D eigenvalue weighted by atomic mass is 10.1. The van der Waals surface area contributed by atoms with E-state index in [-0.39, 0.29) is 0 Å². The van der Waals surface area contributed by atoms with Crippen LogP contribution in [-0.2, 0) is 0 Å². The van der Waals surface area contributed by atoms with Gasteiger partial charge in [0.1, 0.15) is 0 Å². The van der Waals surface area contributed by atoms with Gasteiger partial charge in [-0.2, -0.15) is 4.98 Å². The van der Waals surface area contributed by atoms with Crippen LogP contribution in [0.3, 0.4) is 0 Å². The molecular weight excluding hydrogens is 226 g/mol. The normalized spacial score (nSPS) is 16.6. The first-order chi connectivity index (χ1) is 8.83. The van der Waals surface area contributed by atoms with Gasteiger partial charge < -0.3 is 9.42 Å². The Morgan fingerprint density at radius 2 is 2.06 bits per heavy atom. The number of likely N-dealkylation sites (N-methyl/N-ethyl adjacent to an activating group) is 1. The Bertz CT molecular complexity index is 559. The minimum absolute atomic E-state index is 0.655. The minimum Gasteiger partial charge on any atom is -0.334 e. The molecule has 4 heteroatoms. The highest BCUT2D eigenvalue weighted by molar-refractivity contribution is 5.62. The molecule has 4 nitrogen and oxygen atoms in total. The molecule has 0 spiro atoms. The Morgan fingerprint density at radius 3 is 2.78 bits per heavy atom. The van der Waals surface area contributed by atoms with E-state index in [1.54, 1.807) is 0 Å². The molecule has 0 atom stereocenters. The smallest absolute Gasteiger partial charge is 0.253 e. The molecule has 0 unspecified atom stereocenters. The van der Waals surface area contributed by atoms with E-state index in [9.17, 15) is 0 Å². The third kappa shape index (κ3) is 2.19. The van der Waals surface area contributed by atoms with E-state index in [1.807, 2.05) is 30.3 Å². The largest absolute Gasteiger partial charge is 0.334 e. The second-order valence-electron chi connectivity index (χ2n) is 4.53. The van der Waals surface area contributed by atoms with Gasteiger partial charge in [-0.3, -0.25) is 0 Å². The molecule has 0 bridgehead atoms. The molecule has 0 radical (unpaired) electrons. The number of nitrogens with zero attached hydrogens (tertiary/aromatic N) is 3. The maximum absolute atomic E-state index is 5.35. The highest BCUT2D eigenvalue weighted by atomic mass is 16.5. The second kappa shape index (κ2) is 4.74. The zero-order valence-electron chi connectivity index (χ0n) is 10.3. The molecule has 1 aliphatic rings. The summed E-state index contributed by atoms with van der Waals surface area (Å²) in [5.74, 6) is 1.31. The summed E-state index contributed by atoms with van der Waals surface area (Å²) in [4.78, 5) is 6.73. The zero-order valence-corrected chi connectivity index (χ0v) is 10.3. The average molecular weight is 241 g/mol. The number of benzene rings is 1. The second-order valence-corrected chi connectivity index (χ2v) is 4.53. The van der Waals surface area contributed by atoms with E-state index in [2.05, 4.69) is 28.2 Å². The summed E-state index contributed by atoms with van der Waals surface area (Å²) >= 11 is 0. The summed E-state index contributed by atoms with van der Waals surface area (Å²) < 4.78 is 5.35. The van der Waals surface area contributed by atoms with Gasteiger partial charge in [0.15, 0.2) is 0 Å². The van der Waals surface area contributed by atoms with Crippen molar-refractivity contribution >= 4 is 5.57 Å². The highest BCUT2D eigenvalue weighted by Gasteiger charge is 2.16. The van der Waals surface area contributed by atoms with Crippen LogP contribution in [-0.4, -0.2) is 35.2 Å². The van der Waals surface area contributed by atoms with E-state index in [0.29, 0.717) is 11.7 Å². The van der Waals surface area contributed by atoms with E-state index >= 15 is 0 Å². The van der Waals surface area contributed by atoms with Crippen LogP contribution in [0.1, 0.15) is 12.3 Å². The molecule has 0 fully saturated rings. The molecule has 0 amide bonds. The van der Waals surface area contributed by atoms with E-state index in [0.717, 1.165) is 30.6 Å². The van der Waals surface area contributed by atoms with Crippen LogP contribution in [0, 0.1) is 0 Å². The molecule has 18 heavy (non-hydrogen) atoms. The van der Waals surface area contributed by atoms with Gasteiger partial charge in [0, 0.05) is 24.2 Å². The fourth-order valence-electron chi connectivity index (χ4n) is 2.02. The molecule has 3 rings (SSSR count). The van der Waals surface area contributed by atoms with Gasteiger partial charge in [-0.25, -0.2) is 0 Å². The Balaban J connectivity index is 1.86. The van der Waals surface area contributed by atoms with Crippen molar-refractivity contribution in [3.63, 3.8) is 0 Å². The molecule has 92 valence electrons. The lowest BCUT2D eigenvalue weighted by Crippen LogP contribution is -2.23. The summed E-state index contributed by atoms with van der Waals surface area (Å²) in [6.45, 7) is 1.98. The fourth-order valence-corrected chi connectivity index (χ4v) is 2.02. The summed E-state index contributed by atoms with van der Waals surface area (Å²) in [5.41, 5.74) is 2.14. The van der Waals surface area contributed by atoms with E-state index in [4.69, 9.17) is 4.52 Å². The molecule has 0 saturated heterocycles. The summed E-state index contributed by atoms with van der Waals surface area (Å²) in [7, 11) is 2.11. The molecule has 1 aromatic carbocycles. The van der Waals surface area contributed by atoms with Crippen LogP contribution in [0.25, 0.3) is 17.0 Å². The van der Waals surface area contributed by atoms with Crippen molar-refractivity contribution in [3.05, 3.63) is 42.3 Å². The number of rotatable bonds is 2. The third-order valence-electron chi connectivity index (χ3n) is 3.14. The lowest BCUT2D eigenvalue weighted by Gasteiger charge is -2.19. The molecule has 0 aliphatic carbocycles. The standard InChI is InChI=1S/C14H15N3O/c1-17-9-7-12(8-10-17)14-15-13(16-18-14)11-5-3-2-4-6-11/h2-7H,8-10H2,1H3. The average Bonchev–Trinajstić information content (AvgIpc) is 2.90. The quantitative estimate of drug-likeness (QED) is 0.810. The van der Waals surface area contributed by atoms with Crippen LogP contribution in [0.4, 0.5) is 0 Å². The van der Waals surface area contributed by atoms with E-state index in [1.165, 1.54) is 0 Å². The zero-order chi connectivity index (χ0) is 12.4. The molecule has 0 N–H and O–H groups in total. The maximum Gasteiger partial charge on any atom is 0.253 e. The molecule has 1 aromatic heterocycles. The van der Waals surface area contributed by atoms with Gasteiger partial charge in [0.05, 0.1) is 0 Å². The SMILES string of the molecule is CN1CC=C(c2nc(-c3ccccc3)no2)CC1. The van der Waals surface area contributed by atoms with Gasteiger partial charge in [0.2, 0.25) is 5.82 Å². The van der Waals surface area contributed by atoms with Crippen molar-refractivity contribution in [1.29, 1.82) is 0 Å². The van der Waals surface area contributed by atoms with E-state index < -0.39 is 0 Å². The monoisotopic (exact) mass is 241 g/mol. The first kappa shape index (κ1) is 11.2. The Kier molecular flexibility index (Phi) is 2.94. The lowest BCUT2D eigenvalue weighted by molar-refractivity contribution is 0.360. The van der Waals surface area contributed by atoms with Crippen molar-refractivity contribution in [2.45, 2.75) is 6.42 Å². The first-order valence-electron chi connectivity index (χ1n) is 6.10. The van der Waals surface area contributed by atoms with Gasteiger partial charge >= 0.3 is 0 Å². The molecule has 1 aliphatic heterocycles. The molecule has 0 saturated carbocycles. The van der Waals surface area contributed by atoms with Gasteiger partial charge in [-0.05, 0) is 13.5 Å². The number of hydrogen-bond acceptors (Lipinski definition) is 4. The van der Waals surface area contributed by atoms with Crippen LogP contribution in [0.5, 0.6) is 0 Å². The fraction of sp³-hybridized carbons (Fsp3) is 0.286. The minimum atomic E-state index is 0.655. The van der Waals surface area contributed by atoms with Crippen molar-refractivity contribution < 1.29 is 4.52 Å². The van der Waals surface area contributed by atoms with Crippen LogP contribution in [0.2, 0.25) is 0 Å². The van der Waals surface area contributed by atoms with Crippen molar-refractivity contribution in [1.82, 2.24) is 15.0 Å². The van der Waals surface area contributed by atoms with Gasteiger partial charge in [0.25, 0.3) is 5.89 Å². The Labute approximate surface area is 106 Å². The Morgan fingerprint density at radius 1 is 1.22 bits per heavy atom. The van der Waals surface area contributed by atoms with Crippen LogP contribution < -0.4 is 0 Å². The van der Waals surface area contributed by atoms with Crippen molar-refractivity contribution in [2.75, 3.05) is 20.1 Å². The van der Waals surface area contributed by atoms with Crippen molar-refractivity contribution in [2.24, 2.45) is 0 Å². The molecule has 2 heterocycles. The summed E-state index contributed by atoms with van der Waals surface area (Å²) in [5, 5.41) is 4.04. The topological polar surface area (TPSA) is 42.2 Å². The third-order valence-corrected chi connectivity index (χ3v) is 3.14. The molecular formula is C14H15N3O. The predicted molar refractivity (Wildman–Crippen MR) is 69.8 cm³/mol. The predicted octanol–water partition coefficient (Wildman–Crippen LogP) is 2.46. The Hall–Kier alpha value is -1.94.